The van der Waals surface area contributed by atoms with Crippen molar-refractivity contribution in [3.05, 3.63) is 16.6 Å². The van der Waals surface area contributed by atoms with Gasteiger partial charge in [-0.05, 0) is 26.3 Å². The summed E-state index contributed by atoms with van der Waals surface area (Å²) in [4.78, 5) is 4.53. The fourth-order valence-electron chi connectivity index (χ4n) is 2.68. The van der Waals surface area contributed by atoms with Gasteiger partial charge in [0, 0.05) is 24.6 Å². The highest BCUT2D eigenvalue weighted by molar-refractivity contribution is 7.09. The lowest BCUT2D eigenvalue weighted by Crippen LogP contribution is -2.53. The summed E-state index contributed by atoms with van der Waals surface area (Å²) >= 11 is 1.75. The molecule has 1 N–H and O–H groups in total. The van der Waals surface area contributed by atoms with Crippen molar-refractivity contribution >= 4 is 11.3 Å². The van der Waals surface area contributed by atoms with Gasteiger partial charge in [0.25, 0.3) is 0 Å². The van der Waals surface area contributed by atoms with Crippen molar-refractivity contribution < 1.29 is 4.74 Å². The zero-order chi connectivity index (χ0) is 12.4. The van der Waals surface area contributed by atoms with E-state index in [1.165, 1.54) is 5.01 Å². The van der Waals surface area contributed by atoms with Crippen molar-refractivity contribution in [3.63, 3.8) is 0 Å². The molecular formula is C13H22N2OS. The van der Waals surface area contributed by atoms with E-state index >= 15 is 0 Å². The van der Waals surface area contributed by atoms with Crippen LogP contribution in [0.5, 0.6) is 0 Å². The van der Waals surface area contributed by atoms with Crippen LogP contribution in [-0.2, 0) is 10.3 Å². The van der Waals surface area contributed by atoms with E-state index < -0.39 is 0 Å². The molecule has 0 spiro atoms. The quantitative estimate of drug-likeness (QED) is 0.897. The van der Waals surface area contributed by atoms with Gasteiger partial charge >= 0.3 is 0 Å². The van der Waals surface area contributed by atoms with Crippen molar-refractivity contribution in [1.82, 2.24) is 10.3 Å². The third kappa shape index (κ3) is 2.54. The molecule has 96 valence electrons. The second-order valence-electron chi connectivity index (χ2n) is 5.03. The van der Waals surface area contributed by atoms with E-state index in [2.05, 4.69) is 36.5 Å². The first kappa shape index (κ1) is 13.0. The summed E-state index contributed by atoms with van der Waals surface area (Å²) in [6.07, 6.45) is 4.98. The van der Waals surface area contributed by atoms with Gasteiger partial charge in [-0.25, -0.2) is 4.98 Å². The van der Waals surface area contributed by atoms with Gasteiger partial charge in [-0.2, -0.15) is 0 Å². The minimum atomic E-state index is -0.0217. The van der Waals surface area contributed by atoms with Crippen LogP contribution in [-0.4, -0.2) is 23.7 Å². The van der Waals surface area contributed by atoms with Gasteiger partial charge in [0.15, 0.2) is 0 Å². The molecule has 2 rings (SSSR count). The molecule has 1 fully saturated rings. The van der Waals surface area contributed by atoms with E-state index in [1.54, 1.807) is 11.3 Å². The molecule has 2 atom stereocenters. The smallest absolute Gasteiger partial charge is 0.113 e. The molecule has 1 aliphatic rings. The molecule has 0 saturated carbocycles. The Morgan fingerprint density at radius 2 is 2.35 bits per heavy atom. The molecule has 1 aliphatic heterocycles. The van der Waals surface area contributed by atoms with Crippen molar-refractivity contribution in [2.75, 3.05) is 13.2 Å². The Hall–Kier alpha value is -0.450. The maximum Gasteiger partial charge on any atom is 0.113 e. The van der Waals surface area contributed by atoms with Crippen molar-refractivity contribution in [2.45, 2.75) is 51.2 Å². The van der Waals surface area contributed by atoms with Crippen LogP contribution in [0.1, 0.15) is 45.0 Å². The van der Waals surface area contributed by atoms with Gasteiger partial charge in [-0.1, -0.05) is 13.8 Å². The second-order valence-corrected chi connectivity index (χ2v) is 5.92. The van der Waals surface area contributed by atoms with Crippen LogP contribution in [0.25, 0.3) is 0 Å². The SMILES string of the molecule is CCNC1(c2nccs2)CCOC(C)(CC)C1. The molecule has 0 bridgehead atoms. The number of rotatable bonds is 4. The third-order valence-corrected chi connectivity index (χ3v) is 4.74. The predicted octanol–water partition coefficient (Wildman–Crippen LogP) is 2.93. The Labute approximate surface area is 108 Å². The van der Waals surface area contributed by atoms with E-state index in [4.69, 9.17) is 4.74 Å². The lowest BCUT2D eigenvalue weighted by atomic mass is 9.79. The van der Waals surface area contributed by atoms with Gasteiger partial charge in [0.1, 0.15) is 5.01 Å². The van der Waals surface area contributed by atoms with Crippen LogP contribution in [0.4, 0.5) is 0 Å². The number of nitrogens with zero attached hydrogens (tertiary/aromatic N) is 1. The first-order chi connectivity index (χ1) is 8.14. The largest absolute Gasteiger partial charge is 0.375 e. The molecule has 0 aliphatic carbocycles. The molecular weight excluding hydrogens is 232 g/mol. The topological polar surface area (TPSA) is 34.2 Å². The minimum absolute atomic E-state index is 0.0198. The lowest BCUT2D eigenvalue weighted by Gasteiger charge is -2.45. The number of thiazole rings is 1. The van der Waals surface area contributed by atoms with Gasteiger partial charge < -0.3 is 10.1 Å². The maximum atomic E-state index is 5.95. The molecule has 0 radical (unpaired) electrons. The molecule has 4 heteroatoms. The number of hydrogen-bond acceptors (Lipinski definition) is 4. The number of aromatic nitrogens is 1. The fraction of sp³-hybridized carbons (Fsp3) is 0.769. The lowest BCUT2D eigenvalue weighted by molar-refractivity contribution is -0.103. The number of ether oxygens (including phenoxy) is 1. The normalized spacial score (nSPS) is 33.8. The molecule has 0 amide bonds. The summed E-state index contributed by atoms with van der Waals surface area (Å²) in [5, 5.41) is 6.93. The van der Waals surface area contributed by atoms with E-state index in [0.29, 0.717) is 0 Å². The standard InChI is InChI=1S/C13H22N2OS/c1-4-12(3)10-13(15-5-2,6-8-16-12)11-14-7-9-17-11/h7,9,15H,4-6,8,10H2,1-3H3. The van der Waals surface area contributed by atoms with Crippen LogP contribution in [0.15, 0.2) is 11.6 Å². The van der Waals surface area contributed by atoms with Gasteiger partial charge in [-0.3, -0.25) is 0 Å². The van der Waals surface area contributed by atoms with Crippen LogP contribution in [0.3, 0.4) is 0 Å². The monoisotopic (exact) mass is 254 g/mol. The van der Waals surface area contributed by atoms with Crippen LogP contribution >= 0.6 is 11.3 Å². The first-order valence-electron chi connectivity index (χ1n) is 6.43. The summed E-state index contributed by atoms with van der Waals surface area (Å²) in [5.41, 5.74) is -0.00197. The van der Waals surface area contributed by atoms with E-state index in [9.17, 15) is 0 Å². The van der Waals surface area contributed by atoms with Gasteiger partial charge in [-0.15, -0.1) is 11.3 Å². The molecule has 0 aromatic carbocycles. The molecule has 1 aromatic heterocycles. The van der Waals surface area contributed by atoms with Crippen molar-refractivity contribution in [3.8, 4) is 0 Å². The van der Waals surface area contributed by atoms with E-state index in [1.807, 2.05) is 6.20 Å². The predicted molar refractivity (Wildman–Crippen MR) is 71.4 cm³/mol. The number of hydrogen-bond donors (Lipinski definition) is 1. The van der Waals surface area contributed by atoms with Crippen LogP contribution in [0.2, 0.25) is 0 Å². The highest BCUT2D eigenvalue weighted by Gasteiger charge is 2.44. The molecule has 2 heterocycles. The Balaban J connectivity index is 2.28. The van der Waals surface area contributed by atoms with Crippen molar-refractivity contribution in [1.29, 1.82) is 0 Å². The van der Waals surface area contributed by atoms with Gasteiger partial charge in [0.2, 0.25) is 0 Å². The summed E-state index contributed by atoms with van der Waals surface area (Å²) in [6.45, 7) is 8.36. The Morgan fingerprint density at radius 3 is 2.94 bits per heavy atom. The highest BCUT2D eigenvalue weighted by atomic mass is 32.1. The Bertz CT molecular complexity index is 350. The summed E-state index contributed by atoms with van der Waals surface area (Å²) in [5.74, 6) is 0. The summed E-state index contributed by atoms with van der Waals surface area (Å²) in [6, 6.07) is 0. The third-order valence-electron chi connectivity index (χ3n) is 3.76. The van der Waals surface area contributed by atoms with Crippen LogP contribution < -0.4 is 5.32 Å². The van der Waals surface area contributed by atoms with Crippen LogP contribution in [0, 0.1) is 0 Å². The van der Waals surface area contributed by atoms with E-state index in [0.717, 1.165) is 32.4 Å². The van der Waals surface area contributed by atoms with E-state index in [-0.39, 0.29) is 11.1 Å². The minimum Gasteiger partial charge on any atom is -0.375 e. The average molecular weight is 254 g/mol. The van der Waals surface area contributed by atoms with Gasteiger partial charge in [0.05, 0.1) is 11.1 Å². The molecule has 1 aromatic rings. The molecule has 17 heavy (non-hydrogen) atoms. The average Bonchev–Trinajstić information content (AvgIpc) is 2.83. The van der Waals surface area contributed by atoms with Crippen molar-refractivity contribution in [2.24, 2.45) is 0 Å². The zero-order valence-electron chi connectivity index (χ0n) is 11.0. The second kappa shape index (κ2) is 5.04. The molecule has 3 nitrogen and oxygen atoms in total. The fourth-order valence-corrected chi connectivity index (χ4v) is 3.53. The maximum absolute atomic E-state index is 5.95. The highest BCUT2D eigenvalue weighted by Crippen LogP contribution is 2.41. The number of nitrogens with one attached hydrogen (secondary N) is 1. The molecule has 2 unspecified atom stereocenters. The first-order valence-corrected chi connectivity index (χ1v) is 7.31. The Morgan fingerprint density at radius 1 is 1.53 bits per heavy atom. The Kier molecular flexibility index (Phi) is 3.85. The molecule has 1 saturated heterocycles. The summed E-state index contributed by atoms with van der Waals surface area (Å²) < 4.78 is 5.95. The summed E-state index contributed by atoms with van der Waals surface area (Å²) in [7, 11) is 0. The zero-order valence-corrected chi connectivity index (χ0v) is 11.8.